The van der Waals surface area contributed by atoms with Crippen molar-refractivity contribution in [2.75, 3.05) is 6.54 Å². The van der Waals surface area contributed by atoms with Gasteiger partial charge in [0.1, 0.15) is 10.3 Å². The summed E-state index contributed by atoms with van der Waals surface area (Å²) in [5.41, 5.74) is 7.48. The van der Waals surface area contributed by atoms with Gasteiger partial charge >= 0.3 is 0 Å². The van der Waals surface area contributed by atoms with E-state index >= 15 is 0 Å². The minimum atomic E-state index is -0.611. The molecule has 0 unspecified atom stereocenters. The molecule has 10 nitrogen and oxygen atoms in total. The first-order valence-electron chi connectivity index (χ1n) is 9.29. The third-order valence-corrected chi connectivity index (χ3v) is 5.02. The van der Waals surface area contributed by atoms with Crippen molar-refractivity contribution in [3.63, 3.8) is 0 Å². The zero-order valence-corrected chi connectivity index (χ0v) is 20.3. The van der Waals surface area contributed by atoms with E-state index in [1.807, 2.05) is 6.92 Å². The molecule has 0 atom stereocenters. The second-order valence-corrected chi connectivity index (χ2v) is 7.97. The third kappa shape index (κ3) is 11.7. The second kappa shape index (κ2) is 14.5. The highest BCUT2D eigenvalue weighted by Gasteiger charge is 2.07. The fourth-order valence-corrected chi connectivity index (χ4v) is 2.90. The van der Waals surface area contributed by atoms with Gasteiger partial charge in [-0.05, 0) is 29.7 Å². The average molecular weight is 538 g/mol. The molecule has 2 heterocycles. The van der Waals surface area contributed by atoms with E-state index in [4.69, 9.17) is 52.1 Å². The Hall–Kier alpha value is -2.66. The van der Waals surface area contributed by atoms with Gasteiger partial charge in [0.05, 0.1) is 31.3 Å². The summed E-state index contributed by atoms with van der Waals surface area (Å²) in [6, 6.07) is 3.22. The molecule has 2 aromatic heterocycles. The Balaban J connectivity index is 0.000000335. The highest BCUT2D eigenvalue weighted by molar-refractivity contribution is 6.41. The van der Waals surface area contributed by atoms with Crippen LogP contribution >= 0.6 is 46.4 Å². The van der Waals surface area contributed by atoms with Crippen LogP contribution in [0.25, 0.3) is 0 Å². The van der Waals surface area contributed by atoms with Gasteiger partial charge in [-0.3, -0.25) is 20.2 Å². The summed E-state index contributed by atoms with van der Waals surface area (Å²) >= 11 is 22.9. The first-order chi connectivity index (χ1) is 15.5. The van der Waals surface area contributed by atoms with Crippen molar-refractivity contribution < 1.29 is 9.85 Å². The summed E-state index contributed by atoms with van der Waals surface area (Å²) in [5.74, 6) is 0. The number of pyridine rings is 2. The molecule has 14 heteroatoms. The van der Waals surface area contributed by atoms with Crippen LogP contribution in [0.2, 0.25) is 20.4 Å². The predicted molar refractivity (Wildman–Crippen MR) is 129 cm³/mol. The topological polar surface area (TPSA) is 150 Å². The lowest BCUT2D eigenvalue weighted by Gasteiger charge is -2.08. The van der Waals surface area contributed by atoms with Crippen LogP contribution in [-0.2, 0) is 12.8 Å². The maximum Gasteiger partial charge on any atom is 0.253 e. The van der Waals surface area contributed by atoms with Crippen LogP contribution < -0.4 is 11.1 Å². The lowest BCUT2D eigenvalue weighted by molar-refractivity contribution is -0.403. The van der Waals surface area contributed by atoms with E-state index < -0.39 is 9.85 Å². The molecule has 0 aliphatic heterocycles. The number of hydrogen-bond acceptors (Lipinski definition) is 8. The fraction of sp³-hybridized carbons (Fsp3) is 0.263. The molecule has 0 aliphatic carbocycles. The molecule has 33 heavy (non-hydrogen) atoms. The summed E-state index contributed by atoms with van der Waals surface area (Å²) in [5, 5.41) is 24.7. The summed E-state index contributed by atoms with van der Waals surface area (Å²) < 4.78 is 0. The first kappa shape index (κ1) is 28.4. The molecule has 0 spiro atoms. The summed E-state index contributed by atoms with van der Waals surface area (Å²) in [6.07, 6.45) is 6.18. The molecular formula is C19H20Cl4N6O4. The van der Waals surface area contributed by atoms with E-state index in [0.717, 1.165) is 24.4 Å². The smallest absolute Gasteiger partial charge is 0.253 e. The van der Waals surface area contributed by atoms with Gasteiger partial charge in [0.25, 0.3) is 12.4 Å². The number of nitrogens with zero attached hydrogens (tertiary/aromatic N) is 4. The summed E-state index contributed by atoms with van der Waals surface area (Å²) in [6.45, 7) is 2.66. The van der Waals surface area contributed by atoms with E-state index in [1.54, 1.807) is 18.3 Å². The Morgan fingerprint density at radius 1 is 0.970 bits per heavy atom. The van der Waals surface area contributed by atoms with Gasteiger partial charge in [-0.25, -0.2) is 9.97 Å². The van der Waals surface area contributed by atoms with Crippen LogP contribution in [0.15, 0.2) is 48.3 Å². The lowest BCUT2D eigenvalue weighted by Crippen LogP contribution is -2.17. The van der Waals surface area contributed by atoms with Gasteiger partial charge in [0.2, 0.25) is 0 Å². The maximum absolute atomic E-state index is 10.5. The van der Waals surface area contributed by atoms with Crippen LogP contribution in [0.5, 0.6) is 0 Å². The van der Waals surface area contributed by atoms with Crippen LogP contribution in [0.3, 0.4) is 0 Å². The number of allylic oxidation sites excluding steroid dienone is 2. The minimum Gasteiger partial charge on any atom is -0.397 e. The lowest BCUT2D eigenvalue weighted by atomic mass is 10.1. The van der Waals surface area contributed by atoms with E-state index in [1.165, 1.54) is 6.20 Å². The van der Waals surface area contributed by atoms with Gasteiger partial charge in [0.15, 0.2) is 0 Å². The van der Waals surface area contributed by atoms with Crippen LogP contribution in [0.4, 0.5) is 0 Å². The molecular weight excluding hydrogens is 518 g/mol. The minimum absolute atomic E-state index is 0.125. The average Bonchev–Trinajstić information content (AvgIpc) is 2.71. The van der Waals surface area contributed by atoms with Crippen LogP contribution in [0.1, 0.15) is 24.5 Å². The zero-order valence-electron chi connectivity index (χ0n) is 17.3. The van der Waals surface area contributed by atoms with Crippen molar-refractivity contribution in [2.45, 2.75) is 26.2 Å². The van der Waals surface area contributed by atoms with Gasteiger partial charge in [-0.15, -0.1) is 0 Å². The fourth-order valence-electron chi connectivity index (χ4n) is 2.32. The van der Waals surface area contributed by atoms with Crippen molar-refractivity contribution >= 4 is 46.4 Å². The Bertz CT molecular complexity index is 1050. The molecule has 0 fully saturated rings. The number of nitrogens with two attached hydrogens (primary N) is 1. The van der Waals surface area contributed by atoms with Crippen molar-refractivity contribution in [1.29, 1.82) is 0 Å². The molecule has 2 aromatic rings. The Morgan fingerprint density at radius 2 is 1.45 bits per heavy atom. The van der Waals surface area contributed by atoms with Gasteiger partial charge < -0.3 is 11.1 Å². The highest BCUT2D eigenvalue weighted by Crippen LogP contribution is 2.21. The molecule has 0 amide bonds. The summed E-state index contributed by atoms with van der Waals surface area (Å²) in [7, 11) is 0. The Morgan fingerprint density at radius 3 is 1.88 bits per heavy atom. The molecule has 0 aliphatic rings. The quantitative estimate of drug-likeness (QED) is 0.256. The van der Waals surface area contributed by atoms with Crippen LogP contribution in [0, 0.1) is 20.2 Å². The standard InChI is InChI=1S/C11H13Cl2N3O2.C8H7Cl2N3O2/c1-2-3-14-9(7-16(17)18)4-8-5-10(12)11(13)15-6-8;9-7-2-5(3-12-8(7)10)1-6(11)4-13(14)15/h5-7,14H,2-4H2,1H3;2-4H,1,11H2/b9-7-;6-4-. The number of aromatic nitrogens is 2. The Kier molecular flexibility index (Phi) is 12.5. The van der Waals surface area contributed by atoms with Gasteiger partial charge in [-0.2, -0.15) is 0 Å². The zero-order chi connectivity index (χ0) is 25.0. The van der Waals surface area contributed by atoms with E-state index in [-0.39, 0.29) is 22.4 Å². The van der Waals surface area contributed by atoms with E-state index in [9.17, 15) is 20.2 Å². The highest BCUT2D eigenvalue weighted by atomic mass is 35.5. The largest absolute Gasteiger partial charge is 0.397 e. The number of halogens is 4. The third-order valence-electron chi connectivity index (χ3n) is 3.64. The normalized spacial score (nSPS) is 11.4. The number of hydrogen-bond donors (Lipinski definition) is 2. The van der Waals surface area contributed by atoms with E-state index in [0.29, 0.717) is 34.3 Å². The molecule has 0 saturated heterocycles. The number of nitro groups is 2. The van der Waals surface area contributed by atoms with Gasteiger partial charge in [-0.1, -0.05) is 53.3 Å². The molecule has 0 aromatic carbocycles. The monoisotopic (exact) mass is 536 g/mol. The van der Waals surface area contributed by atoms with Crippen molar-refractivity contribution in [2.24, 2.45) is 5.73 Å². The summed E-state index contributed by atoms with van der Waals surface area (Å²) in [4.78, 5) is 27.2. The number of rotatable bonds is 9. The maximum atomic E-state index is 10.5. The van der Waals surface area contributed by atoms with Gasteiger partial charge in [0, 0.05) is 31.8 Å². The second-order valence-electron chi connectivity index (χ2n) is 6.44. The molecule has 0 saturated carbocycles. The SMILES string of the molecule is CCCN/C(=C\[N+](=O)[O-])Cc1cnc(Cl)c(Cl)c1.N/C(=C\[N+](=O)[O-])Cc1cnc(Cl)c(Cl)c1. The molecule has 0 radical (unpaired) electrons. The van der Waals surface area contributed by atoms with E-state index in [2.05, 4.69) is 15.3 Å². The molecule has 2 rings (SSSR count). The molecule has 0 bridgehead atoms. The van der Waals surface area contributed by atoms with Crippen molar-refractivity contribution in [1.82, 2.24) is 15.3 Å². The predicted octanol–water partition coefficient (Wildman–Crippen LogP) is 5.06. The molecule has 178 valence electrons. The van der Waals surface area contributed by atoms with Crippen molar-refractivity contribution in [3.8, 4) is 0 Å². The number of nitrogens with one attached hydrogen (secondary N) is 1. The first-order valence-corrected chi connectivity index (χ1v) is 10.8. The molecule has 3 N–H and O–H groups in total. The van der Waals surface area contributed by atoms with Crippen LogP contribution in [-0.4, -0.2) is 26.4 Å². The Labute approximate surface area is 209 Å². The van der Waals surface area contributed by atoms with Crippen molar-refractivity contribution in [3.05, 3.63) is 100 Å².